The van der Waals surface area contributed by atoms with Gasteiger partial charge in [0.25, 0.3) is 0 Å². The smallest absolute Gasteiger partial charge is 0.409 e. The fourth-order valence-corrected chi connectivity index (χ4v) is 15.2. The molecule has 6 aliphatic rings. The zero-order valence-corrected chi connectivity index (χ0v) is 48.1. The van der Waals surface area contributed by atoms with Crippen LogP contribution >= 0.6 is 11.3 Å². The normalized spacial score (nSPS) is 24.5. The lowest BCUT2D eigenvalue weighted by atomic mass is 9.79. The maximum absolute atomic E-state index is 14.4. The second-order valence-electron chi connectivity index (χ2n) is 24.2. The molecule has 19 nitrogen and oxygen atoms in total. The van der Waals surface area contributed by atoms with Crippen molar-refractivity contribution in [2.24, 2.45) is 5.92 Å². The van der Waals surface area contributed by atoms with Crippen LogP contribution in [-0.2, 0) is 20.9 Å². The number of likely N-dealkylation sites (tertiary alicyclic amines) is 1. The number of anilines is 1. The molecule has 7 aromatic rings. The number of phenolic OH excluding ortho intramolecular Hbond substituents is 1. The van der Waals surface area contributed by atoms with Crippen molar-refractivity contribution >= 4 is 56.7 Å². The highest BCUT2D eigenvalue weighted by Crippen LogP contribution is 2.49. The molecule has 5 aliphatic heterocycles. The predicted octanol–water partition coefficient (Wildman–Crippen LogP) is 8.60. The van der Waals surface area contributed by atoms with Crippen molar-refractivity contribution in [1.82, 2.24) is 50.4 Å². The number of hydrogen-bond donors (Lipinski definition) is 4. The van der Waals surface area contributed by atoms with Gasteiger partial charge in [-0.2, -0.15) is 9.97 Å². The number of carbonyl (C=O) groups excluding carboxylic acids is 3. The maximum Gasteiger partial charge on any atom is 0.409 e. The number of amides is 3. The molecule has 9 heterocycles. The first-order valence-electron chi connectivity index (χ1n) is 29.1. The number of ether oxygens (including phenoxy) is 2. The van der Waals surface area contributed by atoms with Gasteiger partial charge in [0, 0.05) is 80.5 Å². The molecular formula is C62H71N11O8S. The van der Waals surface area contributed by atoms with Gasteiger partial charge in [-0.25, -0.2) is 9.78 Å². The van der Waals surface area contributed by atoms with Crippen LogP contribution in [0.4, 0.5) is 10.6 Å². The Balaban J connectivity index is 0.657. The minimum atomic E-state index is -0.877. The number of β-amino-alcohol motifs (C(OH)–C–C–N with tert-alkyl or cyclic N) is 1. The number of phenols is 1. The van der Waals surface area contributed by atoms with Crippen LogP contribution in [0.3, 0.4) is 0 Å². The molecule has 9 atom stereocenters. The second-order valence-corrected chi connectivity index (χ2v) is 25.1. The minimum absolute atomic E-state index is 0.00822. The summed E-state index contributed by atoms with van der Waals surface area (Å²) in [5.41, 5.74) is 9.63. The van der Waals surface area contributed by atoms with Gasteiger partial charge in [-0.3, -0.25) is 19.5 Å². The second kappa shape index (κ2) is 21.5. The van der Waals surface area contributed by atoms with E-state index >= 15 is 0 Å². The number of benzene rings is 3. The Kier molecular flexibility index (Phi) is 14.2. The molecule has 4 unspecified atom stereocenters. The Labute approximate surface area is 480 Å². The lowest BCUT2D eigenvalue weighted by Crippen LogP contribution is -2.51. The van der Waals surface area contributed by atoms with E-state index in [0.29, 0.717) is 36.2 Å². The number of fused-ring (bicyclic) bond motifs is 7. The van der Waals surface area contributed by atoms with Crippen LogP contribution in [0.25, 0.3) is 43.4 Å². The van der Waals surface area contributed by atoms with Crippen LogP contribution in [0.5, 0.6) is 11.8 Å². The highest BCUT2D eigenvalue weighted by Gasteiger charge is 2.51. The fourth-order valence-electron chi connectivity index (χ4n) is 14.4. The Bertz CT molecular complexity index is 3600. The zero-order chi connectivity index (χ0) is 56.7. The largest absolute Gasteiger partial charge is 0.508 e. The van der Waals surface area contributed by atoms with Crippen molar-refractivity contribution in [3.63, 3.8) is 0 Å². The molecule has 0 saturated carbocycles. The number of nitrogens with one attached hydrogen (secondary N) is 2. The average molecular weight is 1130 g/mol. The van der Waals surface area contributed by atoms with E-state index in [0.717, 1.165) is 124 Å². The summed E-state index contributed by atoms with van der Waals surface area (Å²) in [6.07, 6.45) is 6.53. The van der Waals surface area contributed by atoms with Crippen LogP contribution in [0.2, 0.25) is 0 Å². The molecule has 3 amide bonds. The molecule has 2 bridgehead atoms. The van der Waals surface area contributed by atoms with Crippen molar-refractivity contribution in [1.29, 1.82) is 0 Å². The number of rotatable bonds is 15. The number of nitrogens with zero attached hydrogens (tertiary/aromatic N) is 9. The van der Waals surface area contributed by atoms with Gasteiger partial charge >= 0.3 is 12.1 Å². The number of thiazole rings is 1. The average Bonchev–Trinajstić information content (AvgIpc) is 4.54. The highest BCUT2D eigenvalue weighted by molar-refractivity contribution is 7.13. The van der Waals surface area contributed by atoms with Gasteiger partial charge in [-0.05, 0) is 104 Å². The van der Waals surface area contributed by atoms with E-state index in [1.807, 2.05) is 87.9 Å². The summed E-state index contributed by atoms with van der Waals surface area (Å²) in [7, 11) is 1.65. The number of aliphatic hydroxyl groups excluding tert-OH is 1. The summed E-state index contributed by atoms with van der Waals surface area (Å²) in [5, 5.41) is 35.8. The van der Waals surface area contributed by atoms with Gasteiger partial charge in [0.05, 0.1) is 56.9 Å². The molecule has 82 heavy (non-hydrogen) atoms. The number of pyridine rings is 1. The van der Waals surface area contributed by atoms with E-state index in [1.165, 1.54) is 15.4 Å². The first kappa shape index (κ1) is 54.0. The maximum atomic E-state index is 14.4. The van der Waals surface area contributed by atoms with E-state index in [9.17, 15) is 24.6 Å². The number of aryl methyl sites for hydroxylation is 1. The van der Waals surface area contributed by atoms with Crippen LogP contribution in [-0.4, -0.2) is 150 Å². The summed E-state index contributed by atoms with van der Waals surface area (Å²) in [5.74, 6) is -0.392. The third-order valence-corrected chi connectivity index (χ3v) is 19.5. The van der Waals surface area contributed by atoms with Crippen molar-refractivity contribution in [3.05, 3.63) is 106 Å². The first-order valence-corrected chi connectivity index (χ1v) is 30.0. The van der Waals surface area contributed by atoms with Crippen molar-refractivity contribution < 1.29 is 38.6 Å². The van der Waals surface area contributed by atoms with Crippen LogP contribution in [0.1, 0.15) is 124 Å². The Hall–Kier alpha value is -7.26. The van der Waals surface area contributed by atoms with Gasteiger partial charge in [-0.1, -0.05) is 68.4 Å². The molecule has 3 aromatic carbocycles. The quantitative estimate of drug-likeness (QED) is 0.0754. The third kappa shape index (κ3) is 9.77. The number of piperazine rings is 1. The zero-order valence-electron chi connectivity index (χ0n) is 47.3. The first-order chi connectivity index (χ1) is 39.6. The number of hydrogen-bond acceptors (Lipinski definition) is 17. The molecule has 4 N–H and O–H groups in total. The molecule has 4 aromatic heterocycles. The van der Waals surface area contributed by atoms with Crippen molar-refractivity contribution in [2.45, 2.75) is 140 Å². The van der Waals surface area contributed by atoms with Gasteiger partial charge in [0.1, 0.15) is 48.2 Å². The summed E-state index contributed by atoms with van der Waals surface area (Å²) in [6.45, 7) is 13.1. The van der Waals surface area contributed by atoms with Gasteiger partial charge in [0.15, 0.2) is 0 Å². The van der Waals surface area contributed by atoms with Crippen LogP contribution in [0, 0.1) is 12.8 Å². The lowest BCUT2D eigenvalue weighted by Gasteiger charge is -2.36. The molecule has 0 radical (unpaired) electrons. The topological polar surface area (TPSA) is 225 Å². The summed E-state index contributed by atoms with van der Waals surface area (Å²) < 4.78 is 18.7. The molecule has 428 valence electrons. The fraction of sp³-hybridized carbons (Fsp3) is 0.484. The van der Waals surface area contributed by atoms with Gasteiger partial charge in [0.2, 0.25) is 11.8 Å². The van der Waals surface area contributed by atoms with E-state index in [-0.39, 0.29) is 73.1 Å². The van der Waals surface area contributed by atoms with E-state index < -0.39 is 24.2 Å². The SMILES string of the molecule is Cc1ncsc1-c1ccc([C@H](C)NC(=O)[C@@H]2C[C@@H](O)CN2C(=O)[C@H](c2cc(CN(C)C(=O)OCC3CC[C@@]4(COc5nc(N6CC7CCC(C6)N7)c6cnc7c(c6n5)C(C)c5cccc6cc(O)cc-7c56)CCCN34)no2)C(C)C)cc1. The van der Waals surface area contributed by atoms with E-state index in [1.54, 1.807) is 24.5 Å². The molecule has 13 rings (SSSR count). The lowest BCUT2D eigenvalue weighted by molar-refractivity contribution is -0.141. The Morgan fingerprint density at radius 2 is 1.80 bits per heavy atom. The predicted molar refractivity (Wildman–Crippen MR) is 311 cm³/mol. The molecule has 5 fully saturated rings. The van der Waals surface area contributed by atoms with E-state index in [4.69, 9.17) is 28.9 Å². The standard InChI is InChI=1S/C62H71N11O8S/c1-33(2)51(59(77)72-29-45(75)24-49(72)58(76)65-35(4)37-11-13-38(14-12-37)56-36(5)64-32-82-56)50-22-42(69-81-50)26-70(6)61(78)79-30-43-17-19-62(18-8-20-73(43)62)31-80-60-67-55-48(57(68-60)71-27-40-15-16-41(28-71)66-40)25-63-54-47-23-44(74)21-39-9-7-10-46(53(39)47)34(3)52(54)55/h7,9-14,21-23,25,32-35,40-41,43,45,49,51,66,74-75H,8,15-20,24,26-31H2,1-6H3,(H,65,76)/t34?,35-,40?,41?,43?,45+,49-,51-,62+/m0/s1. The molecule has 20 heteroatoms. The number of aliphatic hydroxyl groups is 1. The van der Waals surface area contributed by atoms with Crippen LogP contribution in [0.15, 0.2) is 76.9 Å². The van der Waals surface area contributed by atoms with Crippen molar-refractivity contribution in [3.8, 4) is 33.5 Å². The third-order valence-electron chi connectivity index (χ3n) is 18.5. The summed E-state index contributed by atoms with van der Waals surface area (Å²) >= 11 is 1.58. The Morgan fingerprint density at radius 1 is 1.00 bits per heavy atom. The highest BCUT2D eigenvalue weighted by atomic mass is 32.1. The van der Waals surface area contributed by atoms with Crippen LogP contribution < -0.4 is 20.3 Å². The van der Waals surface area contributed by atoms with Gasteiger partial charge in [-0.15, -0.1) is 11.3 Å². The minimum Gasteiger partial charge on any atom is -0.508 e. The summed E-state index contributed by atoms with van der Waals surface area (Å²) in [4.78, 5) is 70.8. The summed E-state index contributed by atoms with van der Waals surface area (Å²) in [6, 6.07) is 19.5. The monoisotopic (exact) mass is 1130 g/mol. The number of carbonyl (C=O) groups is 3. The molecule has 5 saturated heterocycles. The molecule has 1 aliphatic carbocycles. The van der Waals surface area contributed by atoms with Crippen molar-refractivity contribution in [2.75, 3.05) is 51.3 Å². The Morgan fingerprint density at radius 3 is 2.57 bits per heavy atom. The molecule has 0 spiro atoms. The number of aromatic nitrogens is 5. The number of aromatic hydroxyl groups is 1. The molecular weight excluding hydrogens is 1060 g/mol. The van der Waals surface area contributed by atoms with Gasteiger partial charge < -0.3 is 49.5 Å². The van der Waals surface area contributed by atoms with E-state index in [2.05, 4.69) is 43.6 Å².